The molecule has 0 unspecified atom stereocenters. The first-order chi connectivity index (χ1) is 10.0. The van der Waals surface area contributed by atoms with Crippen LogP contribution in [-0.4, -0.2) is 11.5 Å². The highest BCUT2D eigenvalue weighted by Gasteiger charge is 2.10. The standard InChI is InChI=1S/C17H22BrN3/c1-4-21(11-14-7-5-6-12(2)20-14)15-8-9-16(13(3)19)17(18)10-15/h5-10,13H,4,11,19H2,1-3H3/t13-/m0/s1. The lowest BCUT2D eigenvalue weighted by molar-refractivity contribution is 0.795. The number of rotatable bonds is 5. The number of nitrogens with zero attached hydrogens (tertiary/aromatic N) is 2. The third-order valence-electron chi connectivity index (χ3n) is 3.52. The summed E-state index contributed by atoms with van der Waals surface area (Å²) in [6.45, 7) is 7.91. The predicted molar refractivity (Wildman–Crippen MR) is 92.4 cm³/mol. The Bertz CT molecular complexity index is 611. The summed E-state index contributed by atoms with van der Waals surface area (Å²) in [6, 6.07) is 12.5. The van der Waals surface area contributed by atoms with Gasteiger partial charge in [0, 0.05) is 28.4 Å². The fraction of sp³-hybridized carbons (Fsp3) is 0.353. The summed E-state index contributed by atoms with van der Waals surface area (Å²) in [6.07, 6.45) is 0. The molecule has 1 aromatic carbocycles. The van der Waals surface area contributed by atoms with Crippen molar-refractivity contribution in [3.05, 3.63) is 57.8 Å². The van der Waals surface area contributed by atoms with E-state index in [0.717, 1.165) is 34.5 Å². The Labute approximate surface area is 135 Å². The van der Waals surface area contributed by atoms with Crippen molar-refractivity contribution in [2.45, 2.75) is 33.4 Å². The van der Waals surface area contributed by atoms with Gasteiger partial charge in [0.1, 0.15) is 0 Å². The van der Waals surface area contributed by atoms with E-state index in [4.69, 9.17) is 5.73 Å². The van der Waals surface area contributed by atoms with Gasteiger partial charge in [0.2, 0.25) is 0 Å². The quantitative estimate of drug-likeness (QED) is 0.881. The Morgan fingerprint density at radius 2 is 2.05 bits per heavy atom. The maximum atomic E-state index is 5.96. The van der Waals surface area contributed by atoms with E-state index >= 15 is 0 Å². The van der Waals surface area contributed by atoms with Crippen LogP contribution >= 0.6 is 15.9 Å². The molecule has 3 nitrogen and oxygen atoms in total. The fourth-order valence-electron chi connectivity index (χ4n) is 2.35. The van der Waals surface area contributed by atoms with E-state index in [1.54, 1.807) is 0 Å². The highest BCUT2D eigenvalue weighted by atomic mass is 79.9. The van der Waals surface area contributed by atoms with Gasteiger partial charge in [-0.2, -0.15) is 0 Å². The van der Waals surface area contributed by atoms with Crippen molar-refractivity contribution >= 4 is 21.6 Å². The predicted octanol–water partition coefficient (Wildman–Crippen LogP) is 4.20. The third-order valence-corrected chi connectivity index (χ3v) is 4.21. The number of pyridine rings is 1. The van der Waals surface area contributed by atoms with Crippen LogP contribution in [-0.2, 0) is 6.54 Å². The van der Waals surface area contributed by atoms with Crippen molar-refractivity contribution in [3.63, 3.8) is 0 Å². The van der Waals surface area contributed by atoms with Gasteiger partial charge in [-0.05, 0) is 50.6 Å². The normalized spacial score (nSPS) is 12.2. The van der Waals surface area contributed by atoms with Crippen LogP contribution in [0, 0.1) is 6.92 Å². The molecular weight excluding hydrogens is 326 g/mol. The molecule has 0 aliphatic carbocycles. The second kappa shape index (κ2) is 7.05. The maximum absolute atomic E-state index is 5.96. The van der Waals surface area contributed by atoms with E-state index < -0.39 is 0 Å². The third kappa shape index (κ3) is 4.05. The number of benzene rings is 1. The zero-order valence-electron chi connectivity index (χ0n) is 12.8. The molecule has 1 aromatic heterocycles. The van der Waals surface area contributed by atoms with Crippen molar-refractivity contribution < 1.29 is 0 Å². The summed E-state index contributed by atoms with van der Waals surface area (Å²) in [5.74, 6) is 0. The van der Waals surface area contributed by atoms with Gasteiger partial charge in [0.05, 0.1) is 12.2 Å². The Morgan fingerprint density at radius 1 is 1.29 bits per heavy atom. The highest BCUT2D eigenvalue weighted by Crippen LogP contribution is 2.28. The summed E-state index contributed by atoms with van der Waals surface area (Å²) >= 11 is 3.62. The lowest BCUT2D eigenvalue weighted by Crippen LogP contribution is -2.23. The average Bonchev–Trinajstić information content (AvgIpc) is 2.44. The molecule has 2 rings (SSSR count). The lowest BCUT2D eigenvalue weighted by atomic mass is 10.1. The molecule has 2 N–H and O–H groups in total. The molecule has 0 aliphatic heterocycles. The van der Waals surface area contributed by atoms with Crippen LogP contribution in [0.5, 0.6) is 0 Å². The summed E-state index contributed by atoms with van der Waals surface area (Å²) in [5, 5.41) is 0. The summed E-state index contributed by atoms with van der Waals surface area (Å²) < 4.78 is 1.06. The van der Waals surface area contributed by atoms with E-state index in [0.29, 0.717) is 0 Å². The number of hydrogen-bond donors (Lipinski definition) is 1. The molecule has 2 aromatic rings. The zero-order chi connectivity index (χ0) is 15.4. The van der Waals surface area contributed by atoms with Gasteiger partial charge >= 0.3 is 0 Å². The van der Waals surface area contributed by atoms with E-state index in [9.17, 15) is 0 Å². The summed E-state index contributed by atoms with van der Waals surface area (Å²) in [7, 11) is 0. The number of hydrogen-bond acceptors (Lipinski definition) is 3. The number of nitrogens with two attached hydrogens (primary N) is 1. The molecular formula is C17H22BrN3. The molecule has 1 heterocycles. The molecule has 0 aliphatic rings. The minimum absolute atomic E-state index is 0.0296. The van der Waals surface area contributed by atoms with Crippen LogP contribution in [0.15, 0.2) is 40.9 Å². The minimum Gasteiger partial charge on any atom is -0.366 e. The van der Waals surface area contributed by atoms with Crippen molar-refractivity contribution in [1.29, 1.82) is 0 Å². The molecule has 0 spiro atoms. The molecule has 0 bridgehead atoms. The second-order valence-corrected chi connectivity index (χ2v) is 6.13. The molecule has 0 amide bonds. The monoisotopic (exact) mass is 347 g/mol. The van der Waals surface area contributed by atoms with Crippen LogP contribution < -0.4 is 10.6 Å². The van der Waals surface area contributed by atoms with Crippen molar-refractivity contribution in [2.24, 2.45) is 5.73 Å². The maximum Gasteiger partial charge on any atom is 0.0602 e. The molecule has 0 saturated heterocycles. The van der Waals surface area contributed by atoms with Gasteiger partial charge in [0.15, 0.2) is 0 Å². The zero-order valence-corrected chi connectivity index (χ0v) is 14.4. The molecule has 21 heavy (non-hydrogen) atoms. The number of aromatic nitrogens is 1. The van der Waals surface area contributed by atoms with Crippen molar-refractivity contribution in [3.8, 4) is 0 Å². The Hall–Kier alpha value is -1.39. The first-order valence-corrected chi connectivity index (χ1v) is 8.03. The van der Waals surface area contributed by atoms with Crippen LogP contribution in [0.2, 0.25) is 0 Å². The van der Waals surface area contributed by atoms with Gasteiger partial charge in [-0.3, -0.25) is 4.98 Å². The second-order valence-electron chi connectivity index (χ2n) is 5.28. The SMILES string of the molecule is CCN(Cc1cccc(C)n1)c1ccc([C@H](C)N)c(Br)c1. The Kier molecular flexibility index (Phi) is 5.37. The van der Waals surface area contributed by atoms with E-state index in [1.807, 2.05) is 19.9 Å². The highest BCUT2D eigenvalue weighted by molar-refractivity contribution is 9.10. The number of halogens is 1. The van der Waals surface area contributed by atoms with Gasteiger partial charge in [-0.1, -0.05) is 28.1 Å². The Morgan fingerprint density at radius 3 is 2.62 bits per heavy atom. The molecule has 4 heteroatoms. The largest absolute Gasteiger partial charge is 0.366 e. The fourth-order valence-corrected chi connectivity index (χ4v) is 3.08. The van der Waals surface area contributed by atoms with Crippen LogP contribution in [0.25, 0.3) is 0 Å². The minimum atomic E-state index is 0.0296. The summed E-state index contributed by atoms with van der Waals surface area (Å²) in [5.41, 5.74) is 10.4. The number of anilines is 1. The molecule has 0 saturated carbocycles. The van der Waals surface area contributed by atoms with Gasteiger partial charge in [-0.15, -0.1) is 0 Å². The van der Waals surface area contributed by atoms with E-state index in [-0.39, 0.29) is 6.04 Å². The lowest BCUT2D eigenvalue weighted by Gasteiger charge is -2.24. The first kappa shape index (κ1) is 16.0. The molecule has 0 radical (unpaired) electrons. The molecule has 0 fully saturated rings. The molecule has 1 atom stereocenters. The smallest absolute Gasteiger partial charge is 0.0602 e. The van der Waals surface area contributed by atoms with E-state index in [2.05, 4.69) is 63.1 Å². The summed E-state index contributed by atoms with van der Waals surface area (Å²) in [4.78, 5) is 6.88. The van der Waals surface area contributed by atoms with Crippen molar-refractivity contribution in [2.75, 3.05) is 11.4 Å². The van der Waals surface area contributed by atoms with Crippen LogP contribution in [0.3, 0.4) is 0 Å². The van der Waals surface area contributed by atoms with Crippen LogP contribution in [0.1, 0.15) is 36.8 Å². The van der Waals surface area contributed by atoms with Gasteiger partial charge < -0.3 is 10.6 Å². The average molecular weight is 348 g/mol. The van der Waals surface area contributed by atoms with E-state index in [1.165, 1.54) is 5.69 Å². The number of aryl methyl sites for hydroxylation is 1. The van der Waals surface area contributed by atoms with Crippen molar-refractivity contribution in [1.82, 2.24) is 4.98 Å². The molecule has 112 valence electrons. The Balaban J connectivity index is 2.23. The first-order valence-electron chi connectivity index (χ1n) is 7.23. The van der Waals surface area contributed by atoms with Gasteiger partial charge in [0.25, 0.3) is 0 Å². The van der Waals surface area contributed by atoms with Crippen LogP contribution in [0.4, 0.5) is 5.69 Å². The topological polar surface area (TPSA) is 42.2 Å². The van der Waals surface area contributed by atoms with Gasteiger partial charge in [-0.25, -0.2) is 0 Å².